The lowest BCUT2D eigenvalue weighted by molar-refractivity contribution is 0.410. The third-order valence-corrected chi connectivity index (χ3v) is 1.98. The standard InChI is InChI=1S/C8H6ClF4N/c1-14(2)8-3(9)4(10)5(11)6(12)7(8)13/h1-2H3. The third kappa shape index (κ3) is 1.52. The summed E-state index contributed by atoms with van der Waals surface area (Å²) in [6.45, 7) is 0. The highest BCUT2D eigenvalue weighted by atomic mass is 35.5. The monoisotopic (exact) mass is 227 g/mol. The van der Waals surface area contributed by atoms with E-state index in [1.54, 1.807) is 0 Å². The van der Waals surface area contributed by atoms with Crippen LogP contribution in [0.1, 0.15) is 0 Å². The van der Waals surface area contributed by atoms with E-state index >= 15 is 0 Å². The molecule has 0 N–H and O–H groups in total. The van der Waals surface area contributed by atoms with E-state index in [9.17, 15) is 17.6 Å². The van der Waals surface area contributed by atoms with Gasteiger partial charge in [0.15, 0.2) is 23.3 Å². The van der Waals surface area contributed by atoms with Crippen molar-refractivity contribution in [1.82, 2.24) is 0 Å². The molecule has 1 aromatic rings. The van der Waals surface area contributed by atoms with Gasteiger partial charge in [-0.3, -0.25) is 0 Å². The fourth-order valence-corrected chi connectivity index (χ4v) is 1.32. The van der Waals surface area contributed by atoms with Crippen LogP contribution in [0.15, 0.2) is 0 Å². The van der Waals surface area contributed by atoms with Crippen molar-refractivity contribution in [2.75, 3.05) is 19.0 Å². The molecule has 0 atom stereocenters. The summed E-state index contributed by atoms with van der Waals surface area (Å²) in [7, 11) is 2.67. The Hall–Kier alpha value is -0.970. The van der Waals surface area contributed by atoms with Crippen molar-refractivity contribution in [2.45, 2.75) is 0 Å². The molecule has 6 heteroatoms. The van der Waals surface area contributed by atoms with Gasteiger partial charge in [0.1, 0.15) is 5.02 Å². The minimum absolute atomic E-state index is 0.511. The van der Waals surface area contributed by atoms with Gasteiger partial charge in [-0.05, 0) is 0 Å². The zero-order chi connectivity index (χ0) is 11.0. The largest absolute Gasteiger partial charge is 0.374 e. The SMILES string of the molecule is CN(C)c1c(F)c(F)c(F)c(F)c1Cl. The normalized spacial score (nSPS) is 10.5. The van der Waals surface area contributed by atoms with Gasteiger partial charge in [-0.1, -0.05) is 11.6 Å². The van der Waals surface area contributed by atoms with Crippen LogP contribution in [0.4, 0.5) is 23.2 Å². The topological polar surface area (TPSA) is 3.24 Å². The van der Waals surface area contributed by atoms with Crippen molar-refractivity contribution in [2.24, 2.45) is 0 Å². The lowest BCUT2D eigenvalue weighted by Crippen LogP contribution is -2.14. The Kier molecular flexibility index (Phi) is 2.89. The van der Waals surface area contributed by atoms with Crippen molar-refractivity contribution < 1.29 is 17.6 Å². The number of halogens is 5. The Morgan fingerprint density at radius 2 is 1.29 bits per heavy atom. The van der Waals surface area contributed by atoms with Gasteiger partial charge in [0, 0.05) is 14.1 Å². The smallest absolute Gasteiger partial charge is 0.199 e. The first-order chi connectivity index (χ1) is 6.37. The molecule has 0 aliphatic rings. The van der Waals surface area contributed by atoms with E-state index in [1.807, 2.05) is 0 Å². The van der Waals surface area contributed by atoms with Gasteiger partial charge < -0.3 is 4.90 Å². The number of rotatable bonds is 1. The van der Waals surface area contributed by atoms with Gasteiger partial charge in [-0.25, -0.2) is 17.6 Å². The molecule has 0 aliphatic carbocycles. The third-order valence-electron chi connectivity index (χ3n) is 1.63. The zero-order valence-electron chi connectivity index (χ0n) is 7.34. The van der Waals surface area contributed by atoms with Gasteiger partial charge in [-0.15, -0.1) is 0 Å². The molecule has 0 radical (unpaired) electrons. The fraction of sp³-hybridized carbons (Fsp3) is 0.250. The van der Waals surface area contributed by atoms with E-state index < -0.39 is 34.0 Å². The summed E-state index contributed by atoms with van der Waals surface area (Å²) < 4.78 is 51.2. The Bertz CT molecular complexity index is 349. The predicted molar refractivity (Wildman–Crippen MR) is 45.6 cm³/mol. The number of hydrogen-bond acceptors (Lipinski definition) is 1. The van der Waals surface area contributed by atoms with Crippen LogP contribution in [0.3, 0.4) is 0 Å². The summed E-state index contributed by atoms with van der Waals surface area (Å²) in [4.78, 5) is 1.06. The quantitative estimate of drug-likeness (QED) is 0.405. The Morgan fingerprint density at radius 3 is 1.71 bits per heavy atom. The summed E-state index contributed by atoms with van der Waals surface area (Å²) in [5.41, 5.74) is -0.511. The Labute approximate surface area is 82.9 Å². The number of hydrogen-bond donors (Lipinski definition) is 0. The molecule has 0 unspecified atom stereocenters. The second kappa shape index (κ2) is 3.65. The fourth-order valence-electron chi connectivity index (χ4n) is 0.986. The molecule has 0 bridgehead atoms. The van der Waals surface area contributed by atoms with E-state index in [0.29, 0.717) is 0 Å². The van der Waals surface area contributed by atoms with Crippen molar-refractivity contribution >= 4 is 17.3 Å². The van der Waals surface area contributed by atoms with Crippen LogP contribution < -0.4 is 4.90 Å². The molecule has 0 saturated heterocycles. The van der Waals surface area contributed by atoms with Gasteiger partial charge >= 0.3 is 0 Å². The molecule has 0 amide bonds. The van der Waals surface area contributed by atoms with Crippen LogP contribution in [0.25, 0.3) is 0 Å². The lowest BCUT2D eigenvalue weighted by Gasteiger charge is -2.16. The summed E-state index contributed by atoms with van der Waals surface area (Å²) in [6, 6.07) is 0. The molecule has 0 fully saturated rings. The maximum atomic E-state index is 13.0. The van der Waals surface area contributed by atoms with Gasteiger partial charge in [0.05, 0.1) is 5.69 Å². The summed E-state index contributed by atoms with van der Waals surface area (Å²) in [5, 5.41) is -0.772. The van der Waals surface area contributed by atoms with E-state index in [1.165, 1.54) is 14.1 Å². The maximum absolute atomic E-state index is 13.0. The van der Waals surface area contributed by atoms with Gasteiger partial charge in [-0.2, -0.15) is 0 Å². The van der Waals surface area contributed by atoms with Crippen LogP contribution in [-0.2, 0) is 0 Å². The second-order valence-electron chi connectivity index (χ2n) is 2.81. The molecular weight excluding hydrogens is 222 g/mol. The minimum atomic E-state index is -1.90. The lowest BCUT2D eigenvalue weighted by atomic mass is 10.2. The van der Waals surface area contributed by atoms with Crippen LogP contribution in [0.5, 0.6) is 0 Å². The average Bonchev–Trinajstić information content (AvgIpc) is 2.11. The number of benzene rings is 1. The first kappa shape index (κ1) is 11.1. The van der Waals surface area contributed by atoms with Gasteiger partial charge in [0.25, 0.3) is 0 Å². The Balaban J connectivity index is 3.60. The van der Waals surface area contributed by atoms with Crippen molar-refractivity contribution in [3.63, 3.8) is 0 Å². The minimum Gasteiger partial charge on any atom is -0.374 e. The highest BCUT2D eigenvalue weighted by Crippen LogP contribution is 2.33. The van der Waals surface area contributed by atoms with Crippen LogP contribution in [-0.4, -0.2) is 14.1 Å². The van der Waals surface area contributed by atoms with Crippen LogP contribution in [0, 0.1) is 23.3 Å². The van der Waals surface area contributed by atoms with Crippen LogP contribution in [0.2, 0.25) is 5.02 Å². The molecule has 0 spiro atoms. The van der Waals surface area contributed by atoms with E-state index in [0.717, 1.165) is 4.90 Å². The van der Waals surface area contributed by atoms with E-state index in [2.05, 4.69) is 0 Å². The van der Waals surface area contributed by atoms with Crippen molar-refractivity contribution in [3.05, 3.63) is 28.3 Å². The molecule has 0 saturated carbocycles. The predicted octanol–water partition coefficient (Wildman–Crippen LogP) is 2.96. The van der Waals surface area contributed by atoms with Crippen molar-refractivity contribution in [3.8, 4) is 0 Å². The molecule has 1 rings (SSSR count). The highest BCUT2D eigenvalue weighted by Gasteiger charge is 2.25. The highest BCUT2D eigenvalue weighted by molar-refractivity contribution is 6.33. The molecule has 0 aliphatic heterocycles. The maximum Gasteiger partial charge on any atom is 0.199 e. The van der Waals surface area contributed by atoms with E-state index in [4.69, 9.17) is 11.6 Å². The summed E-state index contributed by atoms with van der Waals surface area (Å²) in [5.74, 6) is -6.86. The van der Waals surface area contributed by atoms with E-state index in [-0.39, 0.29) is 0 Å². The van der Waals surface area contributed by atoms with Gasteiger partial charge in [0.2, 0.25) is 0 Å². The molecular formula is C8H6ClF4N. The summed E-state index contributed by atoms with van der Waals surface area (Å²) in [6.07, 6.45) is 0. The molecule has 1 nitrogen and oxygen atoms in total. The average molecular weight is 228 g/mol. The van der Waals surface area contributed by atoms with Crippen molar-refractivity contribution in [1.29, 1.82) is 0 Å². The zero-order valence-corrected chi connectivity index (χ0v) is 8.09. The molecule has 14 heavy (non-hydrogen) atoms. The Morgan fingerprint density at radius 1 is 0.857 bits per heavy atom. The number of nitrogens with zero attached hydrogens (tertiary/aromatic N) is 1. The number of anilines is 1. The molecule has 1 aromatic carbocycles. The van der Waals surface area contributed by atoms with Crippen LogP contribution >= 0.6 is 11.6 Å². The second-order valence-corrected chi connectivity index (χ2v) is 3.19. The molecule has 78 valence electrons. The molecule has 0 aromatic heterocycles. The molecule has 0 heterocycles. The first-order valence-electron chi connectivity index (χ1n) is 3.56. The summed E-state index contributed by atoms with van der Waals surface area (Å²) >= 11 is 5.31. The first-order valence-corrected chi connectivity index (χ1v) is 3.94.